The van der Waals surface area contributed by atoms with E-state index in [0.29, 0.717) is 13.2 Å². The lowest BCUT2D eigenvalue weighted by molar-refractivity contribution is 0.0812. The van der Waals surface area contributed by atoms with Gasteiger partial charge in [0, 0.05) is 27.7 Å². The number of carbonyl (C=O) groups excluding carboxylic acids is 1. The van der Waals surface area contributed by atoms with E-state index in [1.54, 1.807) is 0 Å². The summed E-state index contributed by atoms with van der Waals surface area (Å²) in [5.74, 6) is 0. The normalized spacial score (nSPS) is 16.2. The number of hydrogen-bond donors (Lipinski definition) is 1. The number of pyridine rings is 2. The van der Waals surface area contributed by atoms with E-state index < -0.39 is 0 Å². The van der Waals surface area contributed by atoms with Gasteiger partial charge in [-0.25, -0.2) is 4.79 Å². The Kier molecular flexibility index (Phi) is 4.06. The second-order valence-electron chi connectivity index (χ2n) is 7.44. The summed E-state index contributed by atoms with van der Waals surface area (Å²) in [6, 6.07) is 11.2. The fourth-order valence-electron chi connectivity index (χ4n) is 4.11. The van der Waals surface area contributed by atoms with Crippen molar-refractivity contribution >= 4 is 27.8 Å². The number of aromatic nitrogens is 4. The first-order valence-electron chi connectivity index (χ1n) is 9.62. The number of nitrogens with zero attached hydrogens (tertiary/aromatic N) is 4. The monoisotopic (exact) mass is 387 g/mol. The molecule has 1 amide bonds. The Bertz CT molecular complexity index is 1280. The number of nitrogens with one attached hydrogen (secondary N) is 1. The summed E-state index contributed by atoms with van der Waals surface area (Å²) < 4.78 is 7.12. The molecule has 1 atom stereocenters. The van der Waals surface area contributed by atoms with Gasteiger partial charge in [0.15, 0.2) is 0 Å². The van der Waals surface area contributed by atoms with Crippen LogP contribution in [-0.4, -0.2) is 32.4 Å². The molecule has 5 rings (SSSR count). The van der Waals surface area contributed by atoms with Crippen molar-refractivity contribution in [3.8, 4) is 0 Å². The molecular weight excluding hydrogens is 366 g/mol. The summed E-state index contributed by atoms with van der Waals surface area (Å²) in [6.07, 6.45) is 0. The number of para-hydroxylation sites is 1. The molecule has 0 spiro atoms. The van der Waals surface area contributed by atoms with Gasteiger partial charge in [0.1, 0.15) is 0 Å². The predicted octanol–water partition coefficient (Wildman–Crippen LogP) is 3.73. The van der Waals surface area contributed by atoms with Gasteiger partial charge in [-0.15, -0.1) is 0 Å². The molecule has 1 aromatic carbocycles. The molecule has 3 aromatic heterocycles. The Morgan fingerprint density at radius 2 is 1.93 bits per heavy atom. The zero-order valence-corrected chi connectivity index (χ0v) is 16.6. The maximum absolute atomic E-state index is 13.3. The Balaban J connectivity index is 1.60. The number of aryl methyl sites for hydroxylation is 3. The Labute approximate surface area is 167 Å². The van der Waals surface area contributed by atoms with Crippen LogP contribution in [-0.2, 0) is 11.3 Å². The number of fused-ring (bicyclic) bond motifs is 4. The third kappa shape index (κ3) is 2.86. The lowest BCUT2D eigenvalue weighted by Gasteiger charge is -2.26. The molecule has 0 fully saturated rings. The lowest BCUT2D eigenvalue weighted by Crippen LogP contribution is -2.37. The molecule has 0 bridgehead atoms. The molecule has 29 heavy (non-hydrogen) atoms. The summed E-state index contributed by atoms with van der Waals surface area (Å²) in [5, 5.41) is 9.44. The number of ether oxygens (including phenoxy) is 1. The first-order chi connectivity index (χ1) is 14.0. The molecule has 0 unspecified atom stereocenters. The van der Waals surface area contributed by atoms with Gasteiger partial charge in [-0.1, -0.05) is 24.3 Å². The highest BCUT2D eigenvalue weighted by molar-refractivity contribution is 6.08. The van der Waals surface area contributed by atoms with Gasteiger partial charge in [-0.3, -0.25) is 9.97 Å². The molecule has 4 aromatic rings. The number of amides is 1. The zero-order chi connectivity index (χ0) is 20.1. The quantitative estimate of drug-likeness (QED) is 0.538. The number of rotatable bonds is 1. The highest BCUT2D eigenvalue weighted by atomic mass is 16.5. The van der Waals surface area contributed by atoms with Crippen molar-refractivity contribution in [2.75, 3.05) is 6.61 Å². The van der Waals surface area contributed by atoms with Crippen molar-refractivity contribution in [2.45, 2.75) is 33.4 Å². The summed E-state index contributed by atoms with van der Waals surface area (Å²) in [7, 11) is 0. The minimum atomic E-state index is -0.291. The van der Waals surface area contributed by atoms with Crippen LogP contribution >= 0.6 is 0 Å². The van der Waals surface area contributed by atoms with Crippen LogP contribution in [0.2, 0.25) is 0 Å². The molecule has 1 aliphatic heterocycles. The van der Waals surface area contributed by atoms with Gasteiger partial charge in [0.2, 0.25) is 0 Å². The van der Waals surface area contributed by atoms with E-state index in [1.807, 2.05) is 57.2 Å². The van der Waals surface area contributed by atoms with Crippen LogP contribution in [0.15, 0.2) is 36.4 Å². The van der Waals surface area contributed by atoms with Gasteiger partial charge in [0.05, 0.1) is 41.7 Å². The van der Waals surface area contributed by atoms with E-state index in [9.17, 15) is 4.79 Å². The summed E-state index contributed by atoms with van der Waals surface area (Å²) >= 11 is 0. The van der Waals surface area contributed by atoms with E-state index >= 15 is 0 Å². The van der Waals surface area contributed by atoms with E-state index in [0.717, 1.165) is 50.1 Å². The minimum absolute atomic E-state index is 0.270. The second kappa shape index (κ2) is 6.63. The number of carbonyl (C=O) groups is 1. The van der Waals surface area contributed by atoms with Crippen LogP contribution in [0.3, 0.4) is 0 Å². The van der Waals surface area contributed by atoms with E-state index in [1.165, 1.54) is 4.68 Å². The van der Waals surface area contributed by atoms with E-state index in [4.69, 9.17) is 4.74 Å². The standard InChI is InChI=1S/C22H21N5O2/c1-12-8-9-15-18(23-12)10-29-11-19(15)25-22(28)27-21-16-6-4-5-7-17(16)24-13(2)20(21)14(3)26-27/h4-9,19H,10-11H2,1-3H3,(H,25,28)/t19-/m1/s1. The molecular formula is C22H21N5O2. The summed E-state index contributed by atoms with van der Waals surface area (Å²) in [5.41, 5.74) is 6.06. The Morgan fingerprint density at radius 1 is 1.10 bits per heavy atom. The molecule has 0 saturated heterocycles. The van der Waals surface area contributed by atoms with Crippen LogP contribution < -0.4 is 5.32 Å². The first-order valence-corrected chi connectivity index (χ1v) is 9.62. The average Bonchev–Trinajstić information content (AvgIpc) is 3.06. The van der Waals surface area contributed by atoms with E-state index in [-0.39, 0.29) is 12.1 Å². The van der Waals surface area contributed by atoms with Crippen LogP contribution in [0.4, 0.5) is 4.79 Å². The van der Waals surface area contributed by atoms with Crippen molar-refractivity contribution in [3.63, 3.8) is 0 Å². The average molecular weight is 387 g/mol. The fourth-order valence-corrected chi connectivity index (χ4v) is 4.11. The van der Waals surface area contributed by atoms with Crippen molar-refractivity contribution in [1.82, 2.24) is 25.1 Å². The topological polar surface area (TPSA) is 81.9 Å². The first kappa shape index (κ1) is 17.8. The Hall–Kier alpha value is -3.32. The van der Waals surface area contributed by atoms with Crippen LogP contribution in [0.25, 0.3) is 21.8 Å². The molecule has 0 radical (unpaired) electrons. The molecule has 146 valence electrons. The van der Waals surface area contributed by atoms with Gasteiger partial charge in [0.25, 0.3) is 0 Å². The number of hydrogen-bond acceptors (Lipinski definition) is 5. The third-order valence-electron chi connectivity index (χ3n) is 5.41. The predicted molar refractivity (Wildman–Crippen MR) is 110 cm³/mol. The van der Waals surface area contributed by atoms with E-state index in [2.05, 4.69) is 20.4 Å². The van der Waals surface area contributed by atoms with Crippen LogP contribution in [0.1, 0.15) is 34.4 Å². The van der Waals surface area contributed by atoms with Crippen molar-refractivity contribution in [3.05, 3.63) is 64.7 Å². The third-order valence-corrected chi connectivity index (χ3v) is 5.41. The lowest BCUT2D eigenvalue weighted by atomic mass is 10.0. The largest absolute Gasteiger partial charge is 0.373 e. The smallest absolute Gasteiger partial charge is 0.343 e. The maximum atomic E-state index is 13.3. The molecule has 0 aliphatic carbocycles. The van der Waals surface area contributed by atoms with Crippen molar-refractivity contribution < 1.29 is 9.53 Å². The summed E-state index contributed by atoms with van der Waals surface area (Å²) in [4.78, 5) is 22.5. The van der Waals surface area contributed by atoms with Crippen molar-refractivity contribution in [2.24, 2.45) is 0 Å². The van der Waals surface area contributed by atoms with Gasteiger partial charge in [-0.2, -0.15) is 9.78 Å². The minimum Gasteiger partial charge on any atom is -0.373 e. The Morgan fingerprint density at radius 3 is 2.79 bits per heavy atom. The maximum Gasteiger partial charge on any atom is 0.343 e. The molecule has 1 aliphatic rings. The van der Waals surface area contributed by atoms with Gasteiger partial charge >= 0.3 is 6.03 Å². The molecule has 7 heteroatoms. The highest BCUT2D eigenvalue weighted by Crippen LogP contribution is 2.29. The second-order valence-corrected chi connectivity index (χ2v) is 7.44. The fraction of sp³-hybridized carbons (Fsp3) is 0.273. The zero-order valence-electron chi connectivity index (χ0n) is 16.6. The van der Waals surface area contributed by atoms with Crippen LogP contribution in [0.5, 0.6) is 0 Å². The highest BCUT2D eigenvalue weighted by Gasteiger charge is 2.26. The SMILES string of the molecule is Cc1ccc2c(n1)COC[C@H]2NC(=O)n1nc(C)c2c(C)nc3ccccc3c21. The van der Waals surface area contributed by atoms with Gasteiger partial charge < -0.3 is 10.1 Å². The molecule has 1 N–H and O–H groups in total. The van der Waals surface area contributed by atoms with Crippen LogP contribution in [0, 0.1) is 20.8 Å². The number of benzene rings is 1. The van der Waals surface area contributed by atoms with Gasteiger partial charge in [-0.05, 0) is 32.9 Å². The molecule has 4 heterocycles. The van der Waals surface area contributed by atoms with Crippen molar-refractivity contribution in [1.29, 1.82) is 0 Å². The summed E-state index contributed by atoms with van der Waals surface area (Å²) in [6.45, 7) is 6.67. The molecule has 7 nitrogen and oxygen atoms in total. The molecule has 0 saturated carbocycles.